The molecule has 3 amide bonds. The molecular formula is C75H114F3N9O15Si3. The average Bonchev–Trinajstić information content (AvgIpc) is 1.63. The van der Waals surface area contributed by atoms with E-state index in [9.17, 15) is 57.9 Å². The van der Waals surface area contributed by atoms with E-state index in [2.05, 4.69) is 117 Å². The number of fused-ring (bicyclic) bond motifs is 3. The lowest BCUT2D eigenvalue weighted by atomic mass is 9.88. The predicted octanol–water partition coefficient (Wildman–Crippen LogP) is 18.6. The first-order valence-electron chi connectivity index (χ1n) is 35.8. The van der Waals surface area contributed by atoms with Gasteiger partial charge in [0, 0.05) is 81.5 Å². The Morgan fingerprint density at radius 3 is 1.18 bits per heavy atom. The Morgan fingerprint density at radius 2 is 0.829 bits per heavy atom. The number of carbonyl (C=O) groups excluding carboxylic acids is 3. The Morgan fingerprint density at radius 1 is 0.495 bits per heavy atom. The first-order chi connectivity index (χ1) is 48.0. The molecule has 3 aliphatic heterocycles. The van der Waals surface area contributed by atoms with Gasteiger partial charge in [0.15, 0.2) is 25.0 Å². The number of amides is 3. The molecule has 6 aromatic rings. The van der Waals surface area contributed by atoms with Crippen molar-refractivity contribution in [2.75, 3.05) is 32.7 Å². The highest BCUT2D eigenvalue weighted by molar-refractivity contribution is 6.75. The van der Waals surface area contributed by atoms with E-state index >= 15 is 0 Å². The van der Waals surface area contributed by atoms with Gasteiger partial charge in [-0.2, -0.15) is 0 Å². The van der Waals surface area contributed by atoms with Crippen LogP contribution in [0.3, 0.4) is 0 Å². The van der Waals surface area contributed by atoms with E-state index in [1.54, 1.807) is 109 Å². The lowest BCUT2D eigenvalue weighted by molar-refractivity contribution is -0.484. The zero-order valence-electron chi connectivity index (χ0n) is 65.9. The van der Waals surface area contributed by atoms with Gasteiger partial charge in [-0.1, -0.05) is 62.3 Å². The molecule has 0 saturated carbocycles. The van der Waals surface area contributed by atoms with Crippen LogP contribution in [-0.4, -0.2) is 174 Å². The maximum Gasteiger partial charge on any atom is 0.410 e. The second kappa shape index (κ2) is 33.2. The van der Waals surface area contributed by atoms with Crippen molar-refractivity contribution in [1.29, 1.82) is 0 Å². The van der Waals surface area contributed by atoms with Crippen LogP contribution in [0.1, 0.15) is 167 Å². The van der Waals surface area contributed by atoms with Crippen LogP contribution in [0.25, 0.3) is 32.7 Å². The number of ether oxygens (including phenoxy) is 3. The van der Waals surface area contributed by atoms with Crippen LogP contribution in [0, 0.1) is 47.8 Å². The molecule has 24 nitrogen and oxygen atoms in total. The van der Waals surface area contributed by atoms with Crippen molar-refractivity contribution in [2.45, 2.75) is 263 Å². The maximum absolute atomic E-state index is 13.8. The van der Waals surface area contributed by atoms with Gasteiger partial charge in [0.2, 0.25) is 19.3 Å². The summed E-state index contributed by atoms with van der Waals surface area (Å²) in [7, 11) is -6.58. The smallest absolute Gasteiger partial charge is 0.410 e. The first-order valence-corrected chi connectivity index (χ1v) is 44.6. The van der Waals surface area contributed by atoms with Crippen molar-refractivity contribution >= 4 is 75.9 Å². The number of rotatable bonds is 16. The number of H-pyrrole nitrogens is 3. The second-order valence-electron chi connectivity index (χ2n) is 35.1. The van der Waals surface area contributed by atoms with Gasteiger partial charge in [0.25, 0.3) is 0 Å². The highest BCUT2D eigenvalue weighted by Crippen LogP contribution is 2.46. The van der Waals surface area contributed by atoms with Crippen LogP contribution in [0.2, 0.25) is 54.4 Å². The number of likely N-dealkylation sites (tertiary alicyclic amines) is 3. The molecule has 3 N–H and O–H groups in total. The molecule has 0 unspecified atom stereocenters. The van der Waals surface area contributed by atoms with Gasteiger partial charge in [-0.25, -0.2) is 27.6 Å². The third-order valence-corrected chi connectivity index (χ3v) is 33.9. The Kier molecular flexibility index (Phi) is 27.3. The number of nitrogens with one attached hydrogen (secondary N) is 3. The molecule has 105 heavy (non-hydrogen) atoms. The zero-order valence-corrected chi connectivity index (χ0v) is 68.9. The molecule has 0 bridgehead atoms. The molecule has 3 fully saturated rings. The molecule has 3 aromatic carbocycles. The number of aromatic nitrogens is 3. The molecule has 8 atom stereocenters. The molecule has 3 aromatic heterocycles. The van der Waals surface area contributed by atoms with Crippen molar-refractivity contribution in [3.8, 4) is 0 Å². The first kappa shape index (κ1) is 86.3. The number of nitrogens with zero attached hydrogens (tertiary/aromatic N) is 6. The number of aromatic amines is 3. The quantitative estimate of drug-likeness (QED) is 0.0351. The summed E-state index contributed by atoms with van der Waals surface area (Å²) in [5.41, 5.74) is 1.25. The minimum Gasteiger partial charge on any atom is -0.444 e. The molecule has 582 valence electrons. The lowest BCUT2D eigenvalue weighted by Crippen LogP contribution is -2.52. The van der Waals surface area contributed by atoms with Crippen LogP contribution in [0.15, 0.2) is 91.5 Å². The summed E-state index contributed by atoms with van der Waals surface area (Å²) >= 11 is 0. The normalized spacial score (nSPS) is 19.9. The fraction of sp³-hybridized carbons (Fsp3) is 0.613. The average molecular weight is 1520 g/mol. The summed E-state index contributed by atoms with van der Waals surface area (Å²) in [6, 6.07) is 13.6. The number of benzene rings is 3. The number of nitro groups is 3. The Balaban J connectivity index is 0.000000233. The monoisotopic (exact) mass is 1520 g/mol. The van der Waals surface area contributed by atoms with Crippen molar-refractivity contribution < 1.29 is 69.8 Å². The molecule has 6 heterocycles. The number of carbonyl (C=O) groups is 3. The number of halogens is 3. The van der Waals surface area contributed by atoms with E-state index in [0.29, 0.717) is 71.8 Å². The largest absolute Gasteiger partial charge is 0.444 e. The van der Waals surface area contributed by atoms with Crippen molar-refractivity contribution in [3.05, 3.63) is 150 Å². The molecule has 0 spiro atoms. The van der Waals surface area contributed by atoms with E-state index in [1.165, 1.54) is 47.4 Å². The SMILES string of the molecule is CC(C)(C)OC(=O)N1CC[C@H](O[Si](C)(C)C(C)(C)C)[C@H]1/C=C/[N+](=O)[O-].CC(C)(C)OC(=O)N1CC[C@H](O[Si](C)(C)C(C)(C)C)[C@H]1[C@@H](C[N+](=O)[O-])c1c[nH]c2cc(F)ccc12.CC(C)(C)OC(=O)N1CC[C@H](O[Si](C)(C)C(C)(C)C)[C@H]1[C@H](C[N+](=O)[O-])c1c[nH]c2cc(F)ccc12.Fc1ccc2cc[nH]c2c1. The van der Waals surface area contributed by atoms with E-state index in [0.717, 1.165) is 17.1 Å². The minimum absolute atomic E-state index is 0.0176. The fourth-order valence-electron chi connectivity index (χ4n) is 12.3. The third kappa shape index (κ3) is 23.2. The van der Waals surface area contributed by atoms with Crippen LogP contribution in [-0.2, 0) is 27.5 Å². The highest BCUT2D eigenvalue weighted by Gasteiger charge is 2.53. The summed E-state index contributed by atoms with van der Waals surface area (Å²) in [5, 5.41) is 36.8. The maximum atomic E-state index is 13.8. The minimum atomic E-state index is -2.26. The molecule has 0 aliphatic carbocycles. The van der Waals surface area contributed by atoms with Gasteiger partial charge >= 0.3 is 18.3 Å². The zero-order chi connectivity index (χ0) is 79.3. The van der Waals surface area contributed by atoms with E-state index in [4.69, 9.17) is 27.5 Å². The Labute approximate surface area is 619 Å². The molecule has 3 saturated heterocycles. The number of hydrogen-bond donors (Lipinski definition) is 3. The van der Waals surface area contributed by atoms with E-state index in [-0.39, 0.29) is 36.9 Å². The molecule has 9 rings (SSSR count). The predicted molar refractivity (Wildman–Crippen MR) is 410 cm³/mol. The lowest BCUT2D eigenvalue weighted by Gasteiger charge is -2.41. The summed E-state index contributed by atoms with van der Waals surface area (Å²) in [4.78, 5) is 86.1. The van der Waals surface area contributed by atoms with Crippen LogP contribution >= 0.6 is 0 Å². The third-order valence-electron chi connectivity index (χ3n) is 20.4. The van der Waals surface area contributed by atoms with Gasteiger partial charge in [-0.15, -0.1) is 0 Å². The molecule has 30 heteroatoms. The summed E-state index contributed by atoms with van der Waals surface area (Å²) < 4.78 is 77.0. The van der Waals surface area contributed by atoms with Gasteiger partial charge in [0.05, 0.1) is 53.2 Å². The van der Waals surface area contributed by atoms with E-state index in [1.807, 2.05) is 6.07 Å². The topological polar surface area (TPSA) is 293 Å². The molecular weight excluding hydrogens is 1410 g/mol. The highest BCUT2D eigenvalue weighted by atomic mass is 28.4. The standard InChI is InChI=1S/2C25H38FN3O5Si.C17H32N2O5Si.C8H6FN/c2*1-24(2,3)33-23(30)28-12-11-21(34-35(7,8)25(4,5)6)22(28)19(15-29(31)32)18-14-27-20-13-16(26)9-10-17(18)20;1-16(2,3)23-15(20)18-11-10-14(13(18)9-12-19(21)22)24-25(7,8)17(4,5)6;9-7-2-1-6-3-4-10-8(6)5-7/h2*9-10,13-14,19,21-22,27H,11-12,15H2,1-8H3;9,12-14H,10-11H2,1-8H3;1-5,10H/b;;12-9+;/t19-,21+,22-;19-,21-,22+;13-,14+;/m101./s1. The van der Waals surface area contributed by atoms with Crippen LogP contribution in [0.4, 0.5) is 27.6 Å². The van der Waals surface area contributed by atoms with Gasteiger partial charge in [-0.3, -0.25) is 35.2 Å². The van der Waals surface area contributed by atoms with Crippen molar-refractivity contribution in [3.63, 3.8) is 0 Å². The summed E-state index contributed by atoms with van der Waals surface area (Å²) in [6.07, 6.45) is 6.72. The number of hydrogen-bond acceptors (Lipinski definition) is 15. The second-order valence-corrected chi connectivity index (χ2v) is 49.3. The van der Waals surface area contributed by atoms with Gasteiger partial charge in [-0.05, 0) is 213 Å². The Bertz CT molecular complexity index is 3870. The van der Waals surface area contributed by atoms with Gasteiger partial charge in [0.1, 0.15) is 34.3 Å². The van der Waals surface area contributed by atoms with E-state index < -0.39 is 132 Å². The Hall–Kier alpha value is -7.65. The molecule has 3 aliphatic rings. The fourth-order valence-corrected chi connectivity index (χ4v) is 16.4. The molecule has 0 radical (unpaired) electrons. The van der Waals surface area contributed by atoms with Crippen LogP contribution in [0.5, 0.6) is 0 Å². The summed E-state index contributed by atoms with van der Waals surface area (Å²) in [5.74, 6) is -2.34. The van der Waals surface area contributed by atoms with Crippen LogP contribution < -0.4 is 0 Å². The van der Waals surface area contributed by atoms with Gasteiger partial charge < -0.3 is 52.2 Å². The van der Waals surface area contributed by atoms with Crippen molar-refractivity contribution in [2.24, 2.45) is 0 Å². The summed E-state index contributed by atoms with van der Waals surface area (Å²) in [6.45, 7) is 48.6. The van der Waals surface area contributed by atoms with Crippen molar-refractivity contribution in [1.82, 2.24) is 29.7 Å².